The van der Waals surface area contributed by atoms with E-state index in [0.717, 1.165) is 16.7 Å². The van der Waals surface area contributed by atoms with E-state index in [4.69, 9.17) is 4.74 Å². The summed E-state index contributed by atoms with van der Waals surface area (Å²) in [4.78, 5) is 25.2. The Morgan fingerprint density at radius 1 is 1.09 bits per heavy atom. The smallest absolute Gasteiger partial charge is 0.311 e. The maximum absolute atomic E-state index is 12.9. The van der Waals surface area contributed by atoms with E-state index in [1.54, 1.807) is 35.2 Å². The van der Waals surface area contributed by atoms with Crippen LogP contribution in [0.3, 0.4) is 0 Å². The molecule has 1 aliphatic rings. The number of nitrogens with zero attached hydrogens (tertiary/aromatic N) is 3. The van der Waals surface area contributed by atoms with Gasteiger partial charge in [0, 0.05) is 38.0 Å². The van der Waals surface area contributed by atoms with Crippen LogP contribution in [-0.2, 0) is 20.6 Å². The number of amides is 1. The molecule has 0 atom stereocenters. The van der Waals surface area contributed by atoms with Gasteiger partial charge in [0.2, 0.25) is 15.9 Å². The van der Waals surface area contributed by atoms with Crippen molar-refractivity contribution in [2.45, 2.75) is 24.5 Å². The molecule has 0 unspecified atom stereocenters. The highest BCUT2D eigenvalue weighted by molar-refractivity contribution is 7.99. The average molecular weight is 494 g/mol. The first-order valence-corrected chi connectivity index (χ1v) is 13.0. The van der Waals surface area contributed by atoms with Crippen molar-refractivity contribution in [1.29, 1.82) is 0 Å². The lowest BCUT2D eigenvalue weighted by molar-refractivity contribution is -0.385. The molecule has 1 fully saturated rings. The van der Waals surface area contributed by atoms with E-state index in [-0.39, 0.29) is 41.1 Å². The van der Waals surface area contributed by atoms with Crippen LogP contribution in [0.4, 0.5) is 5.69 Å². The molecule has 0 N–H and O–H groups in total. The Hall–Kier alpha value is -2.63. The van der Waals surface area contributed by atoms with Gasteiger partial charge in [-0.15, -0.1) is 11.8 Å². The molecule has 0 bridgehead atoms. The molecule has 3 rings (SSSR count). The zero-order chi connectivity index (χ0) is 24.2. The van der Waals surface area contributed by atoms with Crippen molar-refractivity contribution in [3.63, 3.8) is 0 Å². The predicted molar refractivity (Wildman–Crippen MR) is 127 cm³/mol. The highest BCUT2D eigenvalue weighted by Gasteiger charge is 2.30. The molecule has 11 heteroatoms. The number of nitro benzene ring substituents is 1. The Bertz CT molecular complexity index is 1140. The van der Waals surface area contributed by atoms with Gasteiger partial charge in [-0.2, -0.15) is 4.31 Å². The number of ether oxygens (including phenoxy) is 1. The van der Waals surface area contributed by atoms with Crippen LogP contribution in [0.25, 0.3) is 0 Å². The Morgan fingerprint density at radius 3 is 2.39 bits per heavy atom. The summed E-state index contributed by atoms with van der Waals surface area (Å²) in [6.07, 6.45) is 0. The zero-order valence-electron chi connectivity index (χ0n) is 18.8. The second-order valence-corrected chi connectivity index (χ2v) is 10.7. The summed E-state index contributed by atoms with van der Waals surface area (Å²) in [7, 11) is -2.22. The monoisotopic (exact) mass is 493 g/mol. The Labute approximate surface area is 197 Å². The Morgan fingerprint density at radius 2 is 1.79 bits per heavy atom. The van der Waals surface area contributed by atoms with Crippen molar-refractivity contribution in [2.75, 3.05) is 39.0 Å². The van der Waals surface area contributed by atoms with Gasteiger partial charge in [0.05, 0.1) is 22.7 Å². The van der Waals surface area contributed by atoms with Crippen molar-refractivity contribution in [1.82, 2.24) is 9.21 Å². The molecule has 2 aromatic carbocycles. The number of thioether (sulfide) groups is 1. The van der Waals surface area contributed by atoms with Crippen molar-refractivity contribution in [3.8, 4) is 5.75 Å². The highest BCUT2D eigenvalue weighted by Crippen LogP contribution is 2.29. The molecule has 33 heavy (non-hydrogen) atoms. The van der Waals surface area contributed by atoms with Crippen molar-refractivity contribution < 1.29 is 22.9 Å². The second-order valence-electron chi connectivity index (χ2n) is 7.79. The van der Waals surface area contributed by atoms with Crippen molar-refractivity contribution in [3.05, 3.63) is 63.2 Å². The predicted octanol–water partition coefficient (Wildman–Crippen LogP) is 2.99. The second kappa shape index (κ2) is 10.5. The Balaban J connectivity index is 1.52. The molecule has 1 heterocycles. The van der Waals surface area contributed by atoms with Crippen LogP contribution < -0.4 is 4.74 Å². The lowest BCUT2D eigenvalue weighted by Crippen LogP contribution is -2.51. The normalized spacial score (nSPS) is 14.8. The minimum atomic E-state index is -3.60. The number of aryl methyl sites for hydroxylation is 2. The average Bonchev–Trinajstić information content (AvgIpc) is 2.80. The van der Waals surface area contributed by atoms with Gasteiger partial charge in [-0.25, -0.2) is 8.42 Å². The van der Waals surface area contributed by atoms with Gasteiger partial charge in [0.1, 0.15) is 0 Å². The number of rotatable bonds is 8. The van der Waals surface area contributed by atoms with Gasteiger partial charge < -0.3 is 9.64 Å². The summed E-state index contributed by atoms with van der Waals surface area (Å²) in [5.41, 5.74) is 2.57. The van der Waals surface area contributed by atoms with E-state index in [1.165, 1.54) is 29.2 Å². The fourth-order valence-electron chi connectivity index (χ4n) is 3.52. The fraction of sp³-hybridized carbons (Fsp3) is 0.409. The van der Waals surface area contributed by atoms with E-state index in [9.17, 15) is 23.3 Å². The molecule has 2 aromatic rings. The summed E-state index contributed by atoms with van der Waals surface area (Å²) in [6.45, 7) is 4.97. The third-order valence-electron chi connectivity index (χ3n) is 5.64. The van der Waals surface area contributed by atoms with Gasteiger partial charge >= 0.3 is 5.69 Å². The number of benzene rings is 2. The minimum absolute atomic E-state index is 0.0776. The lowest BCUT2D eigenvalue weighted by Gasteiger charge is -2.34. The van der Waals surface area contributed by atoms with Crippen LogP contribution in [0.5, 0.6) is 5.75 Å². The van der Waals surface area contributed by atoms with Gasteiger partial charge in [-0.05, 0) is 48.7 Å². The van der Waals surface area contributed by atoms with Crippen LogP contribution in [0, 0.1) is 24.0 Å². The molecule has 9 nitrogen and oxygen atoms in total. The maximum atomic E-state index is 12.9. The summed E-state index contributed by atoms with van der Waals surface area (Å²) in [5, 5.41) is 11.2. The molecule has 0 aliphatic carbocycles. The van der Waals surface area contributed by atoms with E-state index < -0.39 is 14.9 Å². The molecule has 1 amide bonds. The molecule has 178 valence electrons. The van der Waals surface area contributed by atoms with Gasteiger partial charge in [-0.3, -0.25) is 14.9 Å². The van der Waals surface area contributed by atoms with E-state index in [0.29, 0.717) is 18.8 Å². The summed E-state index contributed by atoms with van der Waals surface area (Å²) < 4.78 is 32.3. The van der Waals surface area contributed by atoms with E-state index in [1.807, 2.05) is 13.8 Å². The van der Waals surface area contributed by atoms with Crippen LogP contribution >= 0.6 is 11.8 Å². The van der Waals surface area contributed by atoms with Crippen LogP contribution in [0.2, 0.25) is 0 Å². The Kier molecular flexibility index (Phi) is 7.98. The fourth-order valence-corrected chi connectivity index (χ4v) is 5.90. The molecule has 0 saturated carbocycles. The molecular weight excluding hydrogens is 466 g/mol. The number of sulfonamides is 1. The minimum Gasteiger partial charge on any atom is -0.490 e. The quantitative estimate of drug-likeness (QED) is 0.411. The zero-order valence-corrected chi connectivity index (χ0v) is 20.4. The number of hydrogen-bond acceptors (Lipinski definition) is 7. The number of piperazine rings is 1. The first kappa shape index (κ1) is 25.0. The van der Waals surface area contributed by atoms with Gasteiger partial charge in [0.15, 0.2) is 5.75 Å². The molecule has 0 radical (unpaired) electrons. The summed E-state index contributed by atoms with van der Waals surface area (Å²) in [5.74, 6) is 0.770. The number of nitro groups is 1. The SMILES string of the molecule is COc1ccc(CSCC(=O)N2CCN(S(=O)(=O)c3ccc(C)c(C)c3)CC2)cc1[N+](=O)[O-]. The first-order valence-electron chi connectivity index (χ1n) is 10.4. The molecular formula is C22H27N3O6S2. The third kappa shape index (κ3) is 5.84. The van der Waals surface area contributed by atoms with Gasteiger partial charge in [0.25, 0.3) is 0 Å². The number of carbonyl (C=O) groups is 1. The molecule has 0 aromatic heterocycles. The topological polar surface area (TPSA) is 110 Å². The van der Waals surface area contributed by atoms with Crippen LogP contribution in [0.15, 0.2) is 41.3 Å². The van der Waals surface area contributed by atoms with Crippen molar-refractivity contribution >= 4 is 33.4 Å². The number of methoxy groups -OCH3 is 1. The molecule has 1 aliphatic heterocycles. The van der Waals surface area contributed by atoms with Crippen molar-refractivity contribution in [2.24, 2.45) is 0 Å². The lowest BCUT2D eigenvalue weighted by atomic mass is 10.1. The highest BCUT2D eigenvalue weighted by atomic mass is 32.2. The first-order chi connectivity index (χ1) is 15.6. The van der Waals surface area contributed by atoms with Crippen LogP contribution in [0.1, 0.15) is 16.7 Å². The molecule has 1 saturated heterocycles. The summed E-state index contributed by atoms with van der Waals surface area (Å²) >= 11 is 1.36. The maximum Gasteiger partial charge on any atom is 0.311 e. The summed E-state index contributed by atoms with van der Waals surface area (Å²) in [6, 6.07) is 9.84. The third-order valence-corrected chi connectivity index (χ3v) is 8.52. The molecule has 0 spiro atoms. The largest absolute Gasteiger partial charge is 0.490 e. The number of carbonyl (C=O) groups excluding carboxylic acids is 1. The van der Waals surface area contributed by atoms with Crippen LogP contribution in [-0.4, -0.2) is 67.5 Å². The number of hydrogen-bond donors (Lipinski definition) is 0. The van der Waals surface area contributed by atoms with Gasteiger partial charge in [-0.1, -0.05) is 12.1 Å². The standard InChI is InChI=1S/C22H27N3O6S2/c1-16-4-6-19(12-17(16)2)33(29,30)24-10-8-23(9-11-24)22(26)15-32-14-18-5-7-21(31-3)20(13-18)25(27)28/h4-7,12-13H,8-11,14-15H2,1-3H3. The van der Waals surface area contributed by atoms with E-state index in [2.05, 4.69) is 0 Å². The van der Waals surface area contributed by atoms with E-state index >= 15 is 0 Å².